The van der Waals surface area contributed by atoms with Gasteiger partial charge in [0.1, 0.15) is 5.82 Å². The van der Waals surface area contributed by atoms with Gasteiger partial charge in [-0.1, -0.05) is 12.1 Å². The van der Waals surface area contributed by atoms with E-state index in [9.17, 15) is 4.79 Å². The fourth-order valence-corrected chi connectivity index (χ4v) is 4.64. The number of amides is 1. The van der Waals surface area contributed by atoms with E-state index in [0.29, 0.717) is 30.3 Å². The number of fused-ring (bicyclic) bond motifs is 3. The van der Waals surface area contributed by atoms with Gasteiger partial charge in [0.2, 0.25) is 5.95 Å². The molecule has 2 aliphatic rings. The molecule has 1 aromatic carbocycles. The van der Waals surface area contributed by atoms with Crippen LogP contribution in [-0.2, 0) is 9.47 Å². The first kappa shape index (κ1) is 22.5. The van der Waals surface area contributed by atoms with Crippen LogP contribution in [0.4, 0.5) is 11.8 Å². The van der Waals surface area contributed by atoms with Crippen LogP contribution in [0.2, 0.25) is 0 Å². The number of benzene rings is 1. The summed E-state index contributed by atoms with van der Waals surface area (Å²) in [4.78, 5) is 31.1. The lowest BCUT2D eigenvalue weighted by Crippen LogP contribution is -2.43. The van der Waals surface area contributed by atoms with Crippen molar-refractivity contribution < 1.29 is 14.3 Å². The van der Waals surface area contributed by atoms with Crippen LogP contribution in [0, 0.1) is 0 Å². The minimum absolute atomic E-state index is 0.128. The molecular weight excluding hydrogens is 432 g/mol. The molecule has 4 heterocycles. The van der Waals surface area contributed by atoms with Gasteiger partial charge in [0, 0.05) is 52.0 Å². The second-order valence-corrected chi connectivity index (χ2v) is 8.85. The maximum atomic E-state index is 12.1. The highest BCUT2D eigenvalue weighted by atomic mass is 16.5. The molecule has 2 aromatic heterocycles. The first-order chi connectivity index (χ1) is 16.6. The molecular formula is C25H30N6O3. The summed E-state index contributed by atoms with van der Waals surface area (Å²) >= 11 is 0. The summed E-state index contributed by atoms with van der Waals surface area (Å²) in [5.41, 5.74) is 2.84. The SMILES string of the molecule is CNC(=O)c1cccc(-c2ccc3c(N4CC5CCC(C4)O5)nc(N(C)CCOC)nc3n2)c1. The molecule has 1 N–H and O–H groups in total. The molecule has 34 heavy (non-hydrogen) atoms. The largest absolute Gasteiger partial charge is 0.383 e. The van der Waals surface area contributed by atoms with E-state index >= 15 is 0 Å². The number of carbonyl (C=O) groups excluding carboxylic acids is 1. The van der Waals surface area contributed by atoms with Crippen LogP contribution in [0.3, 0.4) is 0 Å². The lowest BCUT2D eigenvalue weighted by molar-refractivity contribution is 0.0303. The molecule has 0 aliphatic carbocycles. The Balaban J connectivity index is 1.58. The Morgan fingerprint density at radius 3 is 2.71 bits per heavy atom. The van der Waals surface area contributed by atoms with Crippen molar-refractivity contribution in [1.82, 2.24) is 20.3 Å². The van der Waals surface area contributed by atoms with Crippen LogP contribution >= 0.6 is 0 Å². The molecule has 2 fully saturated rings. The molecule has 1 amide bonds. The van der Waals surface area contributed by atoms with Gasteiger partial charge in [0.25, 0.3) is 5.91 Å². The zero-order valence-electron chi connectivity index (χ0n) is 19.8. The van der Waals surface area contributed by atoms with E-state index in [1.54, 1.807) is 20.2 Å². The molecule has 0 spiro atoms. The van der Waals surface area contributed by atoms with Crippen molar-refractivity contribution in [2.24, 2.45) is 0 Å². The molecule has 2 unspecified atom stereocenters. The second kappa shape index (κ2) is 9.52. The minimum atomic E-state index is -0.128. The highest BCUT2D eigenvalue weighted by Gasteiger charge is 2.35. The van der Waals surface area contributed by atoms with Crippen molar-refractivity contribution >= 4 is 28.7 Å². The van der Waals surface area contributed by atoms with Gasteiger partial charge in [0.15, 0.2) is 5.65 Å². The average Bonchev–Trinajstić information content (AvgIpc) is 3.22. The average molecular weight is 463 g/mol. The van der Waals surface area contributed by atoms with Crippen LogP contribution in [0.1, 0.15) is 23.2 Å². The third kappa shape index (κ3) is 4.41. The molecule has 178 valence electrons. The summed E-state index contributed by atoms with van der Waals surface area (Å²) in [6, 6.07) is 11.5. The Morgan fingerprint density at radius 1 is 1.18 bits per heavy atom. The van der Waals surface area contributed by atoms with Gasteiger partial charge in [-0.05, 0) is 37.1 Å². The van der Waals surface area contributed by atoms with Crippen LogP contribution in [0.15, 0.2) is 36.4 Å². The molecule has 2 atom stereocenters. The first-order valence-corrected chi connectivity index (χ1v) is 11.7. The molecule has 2 aliphatic heterocycles. The summed E-state index contributed by atoms with van der Waals surface area (Å²) in [6.45, 7) is 2.89. The van der Waals surface area contributed by atoms with Crippen LogP contribution in [0.25, 0.3) is 22.3 Å². The maximum Gasteiger partial charge on any atom is 0.251 e. The summed E-state index contributed by atoms with van der Waals surface area (Å²) in [6.07, 6.45) is 2.68. The molecule has 0 radical (unpaired) electrons. The third-order valence-corrected chi connectivity index (χ3v) is 6.49. The van der Waals surface area contributed by atoms with Gasteiger partial charge in [-0.15, -0.1) is 0 Å². The predicted octanol–water partition coefficient (Wildman–Crippen LogP) is 2.50. The topological polar surface area (TPSA) is 92.7 Å². The number of rotatable bonds is 7. The third-order valence-electron chi connectivity index (χ3n) is 6.49. The summed E-state index contributed by atoms with van der Waals surface area (Å²) in [5.74, 6) is 1.38. The fourth-order valence-electron chi connectivity index (χ4n) is 4.64. The Labute approximate surface area is 199 Å². The Kier molecular flexibility index (Phi) is 6.30. The van der Waals surface area contributed by atoms with Crippen LogP contribution in [0.5, 0.6) is 0 Å². The first-order valence-electron chi connectivity index (χ1n) is 11.7. The van der Waals surface area contributed by atoms with Crippen molar-refractivity contribution in [3.63, 3.8) is 0 Å². The van der Waals surface area contributed by atoms with Gasteiger partial charge in [-0.3, -0.25) is 4.79 Å². The normalized spacial score (nSPS) is 19.4. The Hall–Kier alpha value is -3.30. The Bertz CT molecular complexity index is 1190. The number of methoxy groups -OCH3 is 1. The molecule has 9 heteroatoms. The van der Waals surface area contributed by atoms with Gasteiger partial charge < -0.3 is 24.6 Å². The standard InChI is InChI=1S/C25H30N6O3/c1-26-24(32)17-6-4-5-16(13-17)21-10-9-20-22(27-21)28-25(30(2)11-12-33-3)29-23(20)31-14-18-7-8-19(15-31)34-18/h4-6,9-10,13,18-19H,7-8,11-12,14-15H2,1-3H3,(H,26,32). The number of anilines is 2. The van der Waals surface area contributed by atoms with Gasteiger partial charge in [-0.2, -0.15) is 9.97 Å². The number of hydrogen-bond acceptors (Lipinski definition) is 8. The van der Waals surface area contributed by atoms with Gasteiger partial charge in [0.05, 0.1) is 29.9 Å². The predicted molar refractivity (Wildman–Crippen MR) is 131 cm³/mol. The lowest BCUT2D eigenvalue weighted by Gasteiger charge is -2.34. The lowest BCUT2D eigenvalue weighted by atomic mass is 10.1. The summed E-state index contributed by atoms with van der Waals surface area (Å²) < 4.78 is 11.3. The van der Waals surface area contributed by atoms with Crippen LogP contribution < -0.4 is 15.1 Å². The number of morpholine rings is 1. The molecule has 3 aromatic rings. The zero-order chi connectivity index (χ0) is 23.7. The molecule has 9 nitrogen and oxygen atoms in total. The van der Waals surface area contributed by atoms with Crippen molar-refractivity contribution in [2.45, 2.75) is 25.0 Å². The van der Waals surface area contributed by atoms with Crippen molar-refractivity contribution in [3.8, 4) is 11.3 Å². The van der Waals surface area contributed by atoms with Crippen molar-refractivity contribution in [3.05, 3.63) is 42.0 Å². The number of ether oxygens (including phenoxy) is 2. The van der Waals surface area contributed by atoms with E-state index in [2.05, 4.69) is 10.2 Å². The van der Waals surface area contributed by atoms with Gasteiger partial charge in [-0.25, -0.2) is 4.98 Å². The molecule has 5 rings (SSSR count). The molecule has 2 saturated heterocycles. The number of pyridine rings is 1. The highest BCUT2D eigenvalue weighted by Crippen LogP contribution is 2.33. The van der Waals surface area contributed by atoms with Crippen molar-refractivity contribution in [1.29, 1.82) is 0 Å². The van der Waals surface area contributed by atoms with E-state index < -0.39 is 0 Å². The van der Waals surface area contributed by atoms with E-state index in [1.807, 2.05) is 42.3 Å². The second-order valence-electron chi connectivity index (χ2n) is 8.85. The van der Waals surface area contributed by atoms with Gasteiger partial charge >= 0.3 is 0 Å². The molecule has 2 bridgehead atoms. The maximum absolute atomic E-state index is 12.1. The summed E-state index contributed by atoms with van der Waals surface area (Å²) in [7, 11) is 5.27. The van der Waals surface area contributed by atoms with E-state index in [-0.39, 0.29) is 18.1 Å². The summed E-state index contributed by atoms with van der Waals surface area (Å²) in [5, 5.41) is 3.58. The van der Waals surface area contributed by atoms with Crippen LogP contribution in [-0.4, -0.2) is 80.5 Å². The zero-order valence-corrected chi connectivity index (χ0v) is 19.8. The van der Waals surface area contributed by atoms with E-state index in [0.717, 1.165) is 48.4 Å². The number of nitrogens with zero attached hydrogens (tertiary/aromatic N) is 5. The van der Waals surface area contributed by atoms with E-state index in [4.69, 9.17) is 24.4 Å². The van der Waals surface area contributed by atoms with Crippen molar-refractivity contribution in [2.75, 3.05) is 57.2 Å². The number of hydrogen-bond donors (Lipinski definition) is 1. The smallest absolute Gasteiger partial charge is 0.251 e. The number of likely N-dealkylation sites (N-methyl/N-ethyl adjacent to an activating group) is 1. The minimum Gasteiger partial charge on any atom is -0.383 e. The number of carbonyl (C=O) groups is 1. The van der Waals surface area contributed by atoms with E-state index in [1.165, 1.54) is 0 Å². The Morgan fingerprint density at radius 2 is 1.97 bits per heavy atom. The fraction of sp³-hybridized carbons (Fsp3) is 0.440. The monoisotopic (exact) mass is 462 g/mol. The number of nitrogens with one attached hydrogen (secondary N) is 1. The number of aromatic nitrogens is 3. The quantitative estimate of drug-likeness (QED) is 0.573. The highest BCUT2D eigenvalue weighted by molar-refractivity contribution is 5.95. The molecule has 0 saturated carbocycles.